The van der Waals surface area contributed by atoms with Crippen LogP contribution in [0.2, 0.25) is 0 Å². The van der Waals surface area contributed by atoms with Crippen LogP contribution in [0.1, 0.15) is 39.9 Å². The zero-order valence-electron chi connectivity index (χ0n) is 16.0. The van der Waals surface area contributed by atoms with Crippen molar-refractivity contribution in [1.82, 2.24) is 10.2 Å². The van der Waals surface area contributed by atoms with E-state index in [1.165, 1.54) is 56.0 Å². The molecule has 1 fully saturated rings. The molecule has 2 aromatic rings. The van der Waals surface area contributed by atoms with Crippen LogP contribution in [0.3, 0.4) is 0 Å². The maximum atomic E-state index is 11.5. The number of methoxy groups -OCH3 is 1. The Bertz CT molecular complexity index is 762. The van der Waals surface area contributed by atoms with Gasteiger partial charge < -0.3 is 10.1 Å². The van der Waals surface area contributed by atoms with Crippen molar-refractivity contribution in [3.8, 4) is 0 Å². The van der Waals surface area contributed by atoms with Crippen LogP contribution in [-0.4, -0.2) is 43.2 Å². The van der Waals surface area contributed by atoms with Gasteiger partial charge in [0.25, 0.3) is 0 Å². The fourth-order valence-corrected chi connectivity index (χ4v) is 4.44. The van der Waals surface area contributed by atoms with Crippen molar-refractivity contribution in [3.05, 3.63) is 70.8 Å². The zero-order chi connectivity index (χ0) is 18.6. The molecule has 2 aliphatic rings. The molecule has 27 heavy (non-hydrogen) atoms. The summed E-state index contributed by atoms with van der Waals surface area (Å²) in [6.45, 7) is 3.18. The maximum absolute atomic E-state index is 11.5. The third-order valence-electron chi connectivity index (χ3n) is 5.97. The Morgan fingerprint density at radius 1 is 1.11 bits per heavy atom. The lowest BCUT2D eigenvalue weighted by Gasteiger charge is -2.37. The predicted octanol–water partition coefficient (Wildman–Crippen LogP) is 3.19. The van der Waals surface area contributed by atoms with Crippen molar-refractivity contribution in [3.63, 3.8) is 0 Å². The lowest BCUT2D eigenvalue weighted by molar-refractivity contribution is 0.0600. The highest BCUT2D eigenvalue weighted by molar-refractivity contribution is 5.89. The molecule has 142 valence electrons. The van der Waals surface area contributed by atoms with Crippen molar-refractivity contribution < 1.29 is 9.53 Å². The first kappa shape index (κ1) is 18.2. The summed E-state index contributed by atoms with van der Waals surface area (Å²) < 4.78 is 4.76. The van der Waals surface area contributed by atoms with Gasteiger partial charge in [-0.05, 0) is 61.1 Å². The van der Waals surface area contributed by atoms with E-state index in [9.17, 15) is 4.79 Å². The molecule has 0 radical (unpaired) electrons. The Morgan fingerprint density at radius 2 is 1.81 bits per heavy atom. The van der Waals surface area contributed by atoms with Gasteiger partial charge in [-0.1, -0.05) is 36.4 Å². The molecule has 1 aliphatic carbocycles. The van der Waals surface area contributed by atoms with E-state index in [-0.39, 0.29) is 5.97 Å². The quantitative estimate of drug-likeness (QED) is 0.828. The van der Waals surface area contributed by atoms with Gasteiger partial charge in [-0.25, -0.2) is 4.79 Å². The van der Waals surface area contributed by atoms with Gasteiger partial charge in [0, 0.05) is 25.2 Å². The Balaban J connectivity index is 1.30. The van der Waals surface area contributed by atoms with Gasteiger partial charge in [-0.15, -0.1) is 0 Å². The van der Waals surface area contributed by atoms with Crippen LogP contribution >= 0.6 is 0 Å². The number of hydrogen-bond donors (Lipinski definition) is 1. The van der Waals surface area contributed by atoms with Gasteiger partial charge in [-0.3, -0.25) is 4.90 Å². The van der Waals surface area contributed by atoms with Crippen LogP contribution in [0.5, 0.6) is 0 Å². The summed E-state index contributed by atoms with van der Waals surface area (Å²) in [5.74, 6) is -0.282. The summed E-state index contributed by atoms with van der Waals surface area (Å²) in [5, 5.41) is 3.72. The number of hydrogen-bond acceptors (Lipinski definition) is 4. The number of carbonyl (C=O) groups excluding carboxylic acids is 1. The molecule has 4 rings (SSSR count). The van der Waals surface area contributed by atoms with Gasteiger partial charge in [0.2, 0.25) is 0 Å². The normalized spacial score (nSPS) is 20.4. The average molecular weight is 364 g/mol. The molecule has 1 aliphatic heterocycles. The predicted molar refractivity (Wildman–Crippen MR) is 107 cm³/mol. The second-order valence-corrected chi connectivity index (χ2v) is 7.73. The fraction of sp³-hybridized carbons (Fsp3) is 0.435. The summed E-state index contributed by atoms with van der Waals surface area (Å²) in [6.07, 6.45) is 4.87. The van der Waals surface area contributed by atoms with Crippen LogP contribution in [0, 0.1) is 0 Å². The Kier molecular flexibility index (Phi) is 5.55. The number of rotatable bonds is 5. The number of benzene rings is 2. The first-order chi connectivity index (χ1) is 13.2. The first-order valence-electron chi connectivity index (χ1n) is 9.94. The summed E-state index contributed by atoms with van der Waals surface area (Å²) in [5.41, 5.74) is 4.87. The van der Waals surface area contributed by atoms with Crippen LogP contribution < -0.4 is 5.32 Å². The van der Waals surface area contributed by atoms with E-state index in [2.05, 4.69) is 34.5 Å². The Labute approximate surface area is 161 Å². The number of likely N-dealkylation sites (tertiary alicyclic amines) is 1. The van der Waals surface area contributed by atoms with Gasteiger partial charge in [0.05, 0.1) is 12.7 Å². The van der Waals surface area contributed by atoms with Gasteiger partial charge >= 0.3 is 5.97 Å². The third kappa shape index (κ3) is 4.23. The van der Waals surface area contributed by atoms with E-state index in [0.29, 0.717) is 17.6 Å². The summed E-state index contributed by atoms with van der Waals surface area (Å²) in [7, 11) is 1.41. The van der Waals surface area contributed by atoms with Gasteiger partial charge in [0.15, 0.2) is 0 Å². The standard InChI is InChI=1S/C23H28N2O2/c1-27-23(26)18-10-8-17(9-11-18)15-24-21-7-4-12-25(16-21)22-13-19-5-2-3-6-20(19)14-22/h2-3,5-6,8-11,21-22,24H,4,7,12-16H2,1H3. The highest BCUT2D eigenvalue weighted by Crippen LogP contribution is 2.27. The number of piperidine rings is 1. The highest BCUT2D eigenvalue weighted by atomic mass is 16.5. The van der Waals surface area contributed by atoms with Gasteiger partial charge in [0.1, 0.15) is 0 Å². The average Bonchev–Trinajstić information content (AvgIpc) is 3.17. The zero-order valence-corrected chi connectivity index (χ0v) is 16.0. The van der Waals surface area contributed by atoms with Crippen molar-refractivity contribution in [2.45, 2.75) is 44.3 Å². The first-order valence-corrected chi connectivity index (χ1v) is 9.94. The lowest BCUT2D eigenvalue weighted by atomic mass is 10.0. The molecule has 0 saturated carbocycles. The molecule has 2 aromatic carbocycles. The number of esters is 1. The Morgan fingerprint density at radius 3 is 2.48 bits per heavy atom. The maximum Gasteiger partial charge on any atom is 0.337 e. The van der Waals surface area contributed by atoms with E-state index in [1.807, 2.05) is 24.3 Å². The number of ether oxygens (including phenoxy) is 1. The van der Waals surface area contributed by atoms with Crippen molar-refractivity contribution in [2.75, 3.05) is 20.2 Å². The highest BCUT2D eigenvalue weighted by Gasteiger charge is 2.30. The van der Waals surface area contributed by atoms with Crippen LogP contribution in [-0.2, 0) is 24.1 Å². The Hall–Kier alpha value is -2.17. The van der Waals surface area contributed by atoms with Gasteiger partial charge in [-0.2, -0.15) is 0 Å². The second kappa shape index (κ2) is 8.24. The monoisotopic (exact) mass is 364 g/mol. The molecule has 0 bridgehead atoms. The van der Waals surface area contributed by atoms with Crippen LogP contribution in [0.4, 0.5) is 0 Å². The largest absolute Gasteiger partial charge is 0.465 e. The molecule has 1 heterocycles. The van der Waals surface area contributed by atoms with Crippen molar-refractivity contribution in [1.29, 1.82) is 0 Å². The fourth-order valence-electron chi connectivity index (χ4n) is 4.44. The van der Waals surface area contributed by atoms with E-state index in [0.717, 1.165) is 13.1 Å². The van der Waals surface area contributed by atoms with Crippen LogP contribution in [0.25, 0.3) is 0 Å². The molecular weight excluding hydrogens is 336 g/mol. The molecule has 1 atom stereocenters. The molecule has 4 heteroatoms. The molecule has 0 spiro atoms. The summed E-state index contributed by atoms with van der Waals surface area (Å²) in [4.78, 5) is 14.2. The topological polar surface area (TPSA) is 41.6 Å². The van der Waals surface area contributed by atoms with E-state index in [1.54, 1.807) is 0 Å². The van der Waals surface area contributed by atoms with Crippen molar-refractivity contribution in [2.24, 2.45) is 0 Å². The molecule has 1 unspecified atom stereocenters. The van der Waals surface area contributed by atoms with Crippen LogP contribution in [0.15, 0.2) is 48.5 Å². The smallest absolute Gasteiger partial charge is 0.337 e. The molecule has 0 amide bonds. The van der Waals surface area contributed by atoms with Crippen molar-refractivity contribution >= 4 is 5.97 Å². The lowest BCUT2D eigenvalue weighted by Crippen LogP contribution is -2.49. The SMILES string of the molecule is COC(=O)c1ccc(CNC2CCCN(C3Cc4ccccc4C3)C2)cc1. The van der Waals surface area contributed by atoms with E-state index < -0.39 is 0 Å². The molecule has 1 N–H and O–H groups in total. The number of fused-ring (bicyclic) bond motifs is 1. The second-order valence-electron chi connectivity index (χ2n) is 7.73. The minimum absolute atomic E-state index is 0.282. The summed E-state index contributed by atoms with van der Waals surface area (Å²) >= 11 is 0. The number of nitrogens with one attached hydrogen (secondary N) is 1. The van der Waals surface area contributed by atoms with E-state index in [4.69, 9.17) is 4.74 Å². The number of carbonyl (C=O) groups is 1. The van der Waals surface area contributed by atoms with E-state index >= 15 is 0 Å². The summed E-state index contributed by atoms with van der Waals surface area (Å²) in [6, 6.07) is 17.8. The third-order valence-corrected chi connectivity index (χ3v) is 5.97. The minimum Gasteiger partial charge on any atom is -0.465 e. The minimum atomic E-state index is -0.282. The number of nitrogens with zero attached hydrogens (tertiary/aromatic N) is 1. The molecule has 4 nitrogen and oxygen atoms in total. The molecular formula is C23H28N2O2. The molecule has 0 aromatic heterocycles. The molecule has 1 saturated heterocycles.